The molecular formula is C16H26N2O5. The van der Waals surface area contributed by atoms with Gasteiger partial charge in [-0.05, 0) is 40.7 Å². The molecule has 0 saturated carbocycles. The summed E-state index contributed by atoms with van der Waals surface area (Å²) in [6, 6.07) is 1.62. The maximum Gasteiger partial charge on any atom is 0.408 e. The second kappa shape index (κ2) is 7.50. The average molecular weight is 326 g/mol. The van der Waals surface area contributed by atoms with Crippen molar-refractivity contribution >= 4 is 12.1 Å². The van der Waals surface area contributed by atoms with Crippen LogP contribution in [0.3, 0.4) is 0 Å². The van der Waals surface area contributed by atoms with E-state index < -0.39 is 23.2 Å². The molecule has 0 aliphatic rings. The van der Waals surface area contributed by atoms with Crippen molar-refractivity contribution in [3.05, 3.63) is 23.7 Å². The number of carbonyl (C=O) groups is 2. The summed E-state index contributed by atoms with van der Waals surface area (Å²) in [5, 5.41) is 5.97. The molecule has 130 valence electrons. The summed E-state index contributed by atoms with van der Waals surface area (Å²) >= 11 is 0. The van der Waals surface area contributed by atoms with E-state index in [0.29, 0.717) is 24.4 Å². The topological polar surface area (TPSA) is 89.8 Å². The Labute approximate surface area is 136 Å². The number of hydrogen-bond acceptors (Lipinski definition) is 6. The molecule has 0 aliphatic carbocycles. The minimum Gasteiger partial charge on any atom is -0.467 e. The summed E-state index contributed by atoms with van der Waals surface area (Å²) in [7, 11) is 1.32. The molecular weight excluding hydrogens is 300 g/mol. The van der Waals surface area contributed by atoms with Crippen LogP contribution in [0.4, 0.5) is 4.79 Å². The van der Waals surface area contributed by atoms with Crippen LogP contribution in [0.1, 0.15) is 50.7 Å². The third-order valence-electron chi connectivity index (χ3n) is 2.78. The fourth-order valence-corrected chi connectivity index (χ4v) is 1.82. The van der Waals surface area contributed by atoms with Crippen LogP contribution >= 0.6 is 0 Å². The number of carbonyl (C=O) groups excluding carboxylic acids is 2. The first-order valence-electron chi connectivity index (χ1n) is 7.40. The zero-order valence-electron chi connectivity index (χ0n) is 14.6. The van der Waals surface area contributed by atoms with Gasteiger partial charge in [-0.25, -0.2) is 9.59 Å². The number of esters is 1. The fraction of sp³-hybridized carbons (Fsp3) is 0.625. The van der Waals surface area contributed by atoms with Gasteiger partial charge in [-0.3, -0.25) is 0 Å². The molecule has 0 aromatic carbocycles. The number of hydrogen-bond donors (Lipinski definition) is 2. The van der Waals surface area contributed by atoms with E-state index in [1.54, 1.807) is 6.07 Å². The van der Waals surface area contributed by atoms with E-state index in [1.165, 1.54) is 13.4 Å². The molecule has 0 radical (unpaired) electrons. The van der Waals surface area contributed by atoms with Crippen molar-refractivity contribution in [3.8, 4) is 0 Å². The number of nitrogens with one attached hydrogen (secondary N) is 2. The molecule has 1 aromatic rings. The van der Waals surface area contributed by atoms with Gasteiger partial charge in [-0.15, -0.1) is 0 Å². The molecule has 0 saturated heterocycles. The summed E-state index contributed by atoms with van der Waals surface area (Å²) in [5.74, 6) is 0.172. The Kier molecular flexibility index (Phi) is 6.20. The normalized spacial score (nSPS) is 11.9. The number of methoxy groups -OCH3 is 1. The van der Waals surface area contributed by atoms with Gasteiger partial charge in [-0.1, -0.05) is 0 Å². The van der Waals surface area contributed by atoms with Gasteiger partial charge in [-0.2, -0.15) is 0 Å². The minimum atomic E-state index is -0.536. The minimum absolute atomic E-state index is 0.371. The Morgan fingerprint density at radius 2 is 1.87 bits per heavy atom. The highest BCUT2D eigenvalue weighted by Gasteiger charge is 2.24. The molecule has 0 atom stereocenters. The number of amides is 1. The summed E-state index contributed by atoms with van der Waals surface area (Å²) in [5.41, 5.74) is -0.665. The Bertz CT molecular complexity index is 543. The number of furan rings is 1. The van der Waals surface area contributed by atoms with E-state index in [2.05, 4.69) is 15.4 Å². The highest BCUT2D eigenvalue weighted by Crippen LogP contribution is 2.11. The Hall–Kier alpha value is -2.02. The molecule has 23 heavy (non-hydrogen) atoms. The number of alkyl carbamates (subject to hydrolysis) is 1. The van der Waals surface area contributed by atoms with Crippen LogP contribution in [0.5, 0.6) is 0 Å². The maximum absolute atomic E-state index is 11.8. The highest BCUT2D eigenvalue weighted by atomic mass is 16.6. The van der Waals surface area contributed by atoms with E-state index in [0.717, 1.165) is 0 Å². The number of rotatable bonds is 6. The lowest BCUT2D eigenvalue weighted by atomic mass is 10.1. The van der Waals surface area contributed by atoms with Crippen molar-refractivity contribution in [2.24, 2.45) is 0 Å². The predicted molar refractivity (Wildman–Crippen MR) is 85.2 cm³/mol. The van der Waals surface area contributed by atoms with Crippen LogP contribution in [0, 0.1) is 0 Å². The van der Waals surface area contributed by atoms with Crippen LogP contribution < -0.4 is 10.6 Å². The first-order valence-corrected chi connectivity index (χ1v) is 7.40. The molecule has 0 spiro atoms. The second-order valence-corrected chi connectivity index (χ2v) is 6.91. The van der Waals surface area contributed by atoms with Gasteiger partial charge in [0.05, 0.1) is 24.8 Å². The smallest absolute Gasteiger partial charge is 0.408 e. The van der Waals surface area contributed by atoms with Crippen LogP contribution in [-0.2, 0) is 16.0 Å². The van der Waals surface area contributed by atoms with E-state index in [4.69, 9.17) is 9.15 Å². The van der Waals surface area contributed by atoms with Gasteiger partial charge in [0.25, 0.3) is 0 Å². The maximum atomic E-state index is 11.8. The molecule has 2 N–H and O–H groups in total. The zero-order chi connectivity index (χ0) is 17.7. The van der Waals surface area contributed by atoms with Crippen molar-refractivity contribution in [3.63, 3.8) is 0 Å². The number of ether oxygens (including phenoxy) is 2. The van der Waals surface area contributed by atoms with Crippen LogP contribution in [0.25, 0.3) is 0 Å². The Balaban J connectivity index is 2.43. The molecule has 0 unspecified atom stereocenters. The van der Waals surface area contributed by atoms with Crippen molar-refractivity contribution in [2.45, 2.75) is 52.3 Å². The molecule has 1 aromatic heterocycles. The third kappa shape index (κ3) is 7.19. The lowest BCUT2D eigenvalue weighted by Gasteiger charge is -2.28. The second-order valence-electron chi connectivity index (χ2n) is 6.91. The summed E-state index contributed by atoms with van der Waals surface area (Å²) < 4.78 is 15.1. The van der Waals surface area contributed by atoms with E-state index in [1.807, 2.05) is 34.6 Å². The lowest BCUT2D eigenvalue weighted by Crippen LogP contribution is -2.51. The van der Waals surface area contributed by atoms with Gasteiger partial charge in [0.15, 0.2) is 0 Å². The predicted octanol–water partition coefficient (Wildman–Crippen LogP) is 2.46. The largest absolute Gasteiger partial charge is 0.467 e. The first-order chi connectivity index (χ1) is 10.5. The zero-order valence-corrected chi connectivity index (χ0v) is 14.6. The first kappa shape index (κ1) is 19.0. The molecule has 7 nitrogen and oxygen atoms in total. The SMILES string of the molecule is COC(=O)c1coc(CNCC(C)(C)NC(=O)OC(C)(C)C)c1. The average Bonchev–Trinajstić information content (AvgIpc) is 2.83. The van der Waals surface area contributed by atoms with Gasteiger partial charge >= 0.3 is 12.1 Å². The van der Waals surface area contributed by atoms with E-state index in [-0.39, 0.29) is 0 Å². The quantitative estimate of drug-likeness (QED) is 0.781. The molecule has 7 heteroatoms. The fourth-order valence-electron chi connectivity index (χ4n) is 1.82. The van der Waals surface area contributed by atoms with Gasteiger partial charge in [0.1, 0.15) is 17.6 Å². The molecule has 0 fully saturated rings. The monoisotopic (exact) mass is 326 g/mol. The molecule has 1 heterocycles. The summed E-state index contributed by atoms with van der Waals surface area (Å²) in [4.78, 5) is 23.1. The van der Waals surface area contributed by atoms with Gasteiger partial charge in [0.2, 0.25) is 0 Å². The Morgan fingerprint density at radius 3 is 2.43 bits per heavy atom. The standard InChI is InChI=1S/C16H26N2O5/c1-15(2,3)23-14(20)18-16(4,5)10-17-8-12-7-11(9-22-12)13(19)21-6/h7,9,17H,8,10H2,1-6H3,(H,18,20). The van der Waals surface area contributed by atoms with Crippen molar-refractivity contribution in [1.29, 1.82) is 0 Å². The van der Waals surface area contributed by atoms with Crippen molar-refractivity contribution in [1.82, 2.24) is 10.6 Å². The third-order valence-corrected chi connectivity index (χ3v) is 2.78. The highest BCUT2D eigenvalue weighted by molar-refractivity contribution is 5.88. The van der Waals surface area contributed by atoms with Gasteiger partial charge in [0, 0.05) is 6.54 Å². The Morgan fingerprint density at radius 1 is 1.22 bits per heavy atom. The molecule has 1 amide bonds. The van der Waals surface area contributed by atoms with Crippen molar-refractivity contribution < 1.29 is 23.5 Å². The van der Waals surface area contributed by atoms with E-state index >= 15 is 0 Å². The molecule has 0 bridgehead atoms. The summed E-state index contributed by atoms with van der Waals surface area (Å²) in [6.07, 6.45) is 0.891. The molecule has 1 rings (SSSR count). The van der Waals surface area contributed by atoms with Crippen LogP contribution in [-0.4, -0.2) is 36.9 Å². The van der Waals surface area contributed by atoms with Crippen molar-refractivity contribution in [2.75, 3.05) is 13.7 Å². The van der Waals surface area contributed by atoms with E-state index in [9.17, 15) is 9.59 Å². The lowest BCUT2D eigenvalue weighted by molar-refractivity contribution is 0.0471. The summed E-state index contributed by atoms with van der Waals surface area (Å²) in [6.45, 7) is 10.1. The van der Waals surface area contributed by atoms with Crippen LogP contribution in [0.2, 0.25) is 0 Å². The van der Waals surface area contributed by atoms with Crippen LogP contribution in [0.15, 0.2) is 16.7 Å². The van der Waals surface area contributed by atoms with Gasteiger partial charge < -0.3 is 24.5 Å². The molecule has 0 aliphatic heterocycles.